The van der Waals surface area contributed by atoms with Crippen LogP contribution in [-0.4, -0.2) is 50.3 Å². The molecule has 3 rings (SSSR count). The average Bonchev–Trinajstić information content (AvgIpc) is 2.61. The van der Waals surface area contributed by atoms with Crippen LogP contribution in [0.2, 0.25) is 0 Å². The predicted molar refractivity (Wildman–Crippen MR) is 110 cm³/mol. The van der Waals surface area contributed by atoms with Gasteiger partial charge in [0.25, 0.3) is 0 Å². The van der Waals surface area contributed by atoms with E-state index in [1.807, 2.05) is 0 Å². The molecule has 0 bridgehead atoms. The molecule has 2 aliphatic heterocycles. The SMILES string of the molecule is CC1CCN(C(N)=NCc2ccccc2N2CCOCC2)CC1.I. The van der Waals surface area contributed by atoms with Crippen molar-refractivity contribution in [2.45, 2.75) is 26.3 Å². The van der Waals surface area contributed by atoms with E-state index in [-0.39, 0.29) is 24.0 Å². The van der Waals surface area contributed by atoms with Gasteiger partial charge in [-0.1, -0.05) is 25.1 Å². The molecule has 2 N–H and O–H groups in total. The number of ether oxygens (including phenoxy) is 1. The first-order valence-corrected chi connectivity index (χ1v) is 8.69. The Labute approximate surface area is 162 Å². The number of piperidine rings is 1. The molecule has 0 saturated carbocycles. The second-order valence-electron chi connectivity index (χ2n) is 6.57. The van der Waals surface area contributed by atoms with E-state index in [9.17, 15) is 0 Å². The van der Waals surface area contributed by atoms with E-state index < -0.39 is 0 Å². The lowest BCUT2D eigenvalue weighted by Crippen LogP contribution is -2.42. The number of hydrogen-bond donors (Lipinski definition) is 1. The topological polar surface area (TPSA) is 54.1 Å². The number of halogens is 1. The molecule has 0 aliphatic carbocycles. The Hall–Kier alpha value is -1.02. The van der Waals surface area contributed by atoms with Gasteiger partial charge in [-0.05, 0) is 30.4 Å². The van der Waals surface area contributed by atoms with Crippen molar-refractivity contribution in [2.75, 3.05) is 44.3 Å². The number of nitrogens with zero attached hydrogens (tertiary/aromatic N) is 3. The molecular formula is C18H29IN4O. The van der Waals surface area contributed by atoms with E-state index in [1.54, 1.807) is 0 Å². The molecule has 1 aromatic carbocycles. The molecule has 2 saturated heterocycles. The Bertz CT molecular complexity index is 538. The lowest BCUT2D eigenvalue weighted by molar-refractivity contribution is 0.122. The molecule has 2 heterocycles. The van der Waals surface area contributed by atoms with Gasteiger partial charge in [-0.2, -0.15) is 0 Å². The van der Waals surface area contributed by atoms with Crippen molar-refractivity contribution < 1.29 is 4.74 Å². The maximum absolute atomic E-state index is 6.21. The highest BCUT2D eigenvalue weighted by Crippen LogP contribution is 2.22. The Kier molecular flexibility index (Phi) is 7.61. The van der Waals surface area contributed by atoms with Gasteiger partial charge < -0.3 is 20.3 Å². The molecule has 1 aromatic rings. The summed E-state index contributed by atoms with van der Waals surface area (Å²) in [6, 6.07) is 8.50. The Morgan fingerprint density at radius 2 is 1.83 bits per heavy atom. The van der Waals surface area contributed by atoms with Gasteiger partial charge in [0, 0.05) is 31.9 Å². The van der Waals surface area contributed by atoms with E-state index in [1.165, 1.54) is 24.1 Å². The molecule has 134 valence electrons. The zero-order valence-electron chi connectivity index (χ0n) is 14.5. The number of morpholine rings is 1. The van der Waals surface area contributed by atoms with Crippen LogP contribution in [0.15, 0.2) is 29.3 Å². The van der Waals surface area contributed by atoms with Crippen LogP contribution >= 0.6 is 24.0 Å². The fourth-order valence-corrected chi connectivity index (χ4v) is 3.26. The number of benzene rings is 1. The summed E-state index contributed by atoms with van der Waals surface area (Å²) >= 11 is 0. The van der Waals surface area contributed by atoms with Gasteiger partial charge in [-0.15, -0.1) is 24.0 Å². The molecule has 24 heavy (non-hydrogen) atoms. The maximum atomic E-state index is 6.21. The van der Waals surface area contributed by atoms with Gasteiger partial charge in [0.2, 0.25) is 0 Å². The lowest BCUT2D eigenvalue weighted by atomic mass is 10.00. The predicted octanol–water partition coefficient (Wildman–Crippen LogP) is 2.69. The highest BCUT2D eigenvalue weighted by Gasteiger charge is 2.18. The number of nitrogens with two attached hydrogens (primary N) is 1. The molecule has 2 aliphatic rings. The number of rotatable bonds is 3. The van der Waals surface area contributed by atoms with Crippen LogP contribution in [0.25, 0.3) is 0 Å². The minimum Gasteiger partial charge on any atom is -0.378 e. The van der Waals surface area contributed by atoms with Gasteiger partial charge >= 0.3 is 0 Å². The number of para-hydroxylation sites is 1. The normalized spacial score (nSPS) is 20.0. The van der Waals surface area contributed by atoms with Gasteiger partial charge in [-0.3, -0.25) is 0 Å². The summed E-state index contributed by atoms with van der Waals surface area (Å²) in [5.41, 5.74) is 8.71. The fraction of sp³-hybridized carbons (Fsp3) is 0.611. The van der Waals surface area contributed by atoms with Crippen molar-refractivity contribution >= 4 is 35.6 Å². The van der Waals surface area contributed by atoms with E-state index >= 15 is 0 Å². The molecule has 0 amide bonds. The van der Waals surface area contributed by atoms with Crippen LogP contribution < -0.4 is 10.6 Å². The van der Waals surface area contributed by atoms with Crippen molar-refractivity contribution in [2.24, 2.45) is 16.6 Å². The van der Waals surface area contributed by atoms with Gasteiger partial charge in [-0.25, -0.2) is 4.99 Å². The van der Waals surface area contributed by atoms with Crippen LogP contribution in [0.5, 0.6) is 0 Å². The van der Waals surface area contributed by atoms with Crippen LogP contribution in [0.3, 0.4) is 0 Å². The highest BCUT2D eigenvalue weighted by molar-refractivity contribution is 14.0. The largest absolute Gasteiger partial charge is 0.378 e. The summed E-state index contributed by atoms with van der Waals surface area (Å²) in [5.74, 6) is 1.50. The molecule has 0 atom stereocenters. The minimum absolute atomic E-state index is 0. The summed E-state index contributed by atoms with van der Waals surface area (Å²) in [7, 11) is 0. The second kappa shape index (κ2) is 9.46. The van der Waals surface area contributed by atoms with Gasteiger partial charge in [0.1, 0.15) is 0 Å². The summed E-state index contributed by atoms with van der Waals surface area (Å²) in [6.07, 6.45) is 2.42. The van der Waals surface area contributed by atoms with Crippen LogP contribution in [0.1, 0.15) is 25.3 Å². The van der Waals surface area contributed by atoms with Crippen LogP contribution in [0.4, 0.5) is 5.69 Å². The maximum Gasteiger partial charge on any atom is 0.191 e. The lowest BCUT2D eigenvalue weighted by Gasteiger charge is -2.31. The molecule has 2 fully saturated rings. The number of guanidine groups is 1. The summed E-state index contributed by atoms with van der Waals surface area (Å²) in [4.78, 5) is 9.26. The third-order valence-corrected chi connectivity index (χ3v) is 4.86. The molecule has 0 radical (unpaired) electrons. The first kappa shape index (κ1) is 19.3. The zero-order chi connectivity index (χ0) is 16.1. The van der Waals surface area contributed by atoms with Crippen molar-refractivity contribution in [1.82, 2.24) is 4.90 Å². The molecule has 5 nitrogen and oxygen atoms in total. The fourth-order valence-electron chi connectivity index (χ4n) is 3.26. The van der Waals surface area contributed by atoms with Gasteiger partial charge in [0.05, 0.1) is 19.8 Å². The number of hydrogen-bond acceptors (Lipinski definition) is 3. The number of anilines is 1. The van der Waals surface area contributed by atoms with Crippen LogP contribution in [0, 0.1) is 5.92 Å². The second-order valence-corrected chi connectivity index (χ2v) is 6.57. The van der Waals surface area contributed by atoms with E-state index in [0.29, 0.717) is 12.5 Å². The van der Waals surface area contributed by atoms with E-state index in [0.717, 1.165) is 45.3 Å². The van der Waals surface area contributed by atoms with E-state index in [4.69, 9.17) is 10.5 Å². The molecule has 6 heteroatoms. The first-order valence-electron chi connectivity index (χ1n) is 8.69. The molecule has 0 aromatic heterocycles. The van der Waals surface area contributed by atoms with Crippen molar-refractivity contribution in [1.29, 1.82) is 0 Å². The first-order chi connectivity index (χ1) is 11.2. The minimum atomic E-state index is 0. The molecule has 0 unspecified atom stereocenters. The molecule has 0 spiro atoms. The smallest absolute Gasteiger partial charge is 0.191 e. The summed E-state index contributed by atoms with van der Waals surface area (Å²) in [6.45, 7) is 8.50. The van der Waals surface area contributed by atoms with Gasteiger partial charge in [0.15, 0.2) is 5.96 Å². The zero-order valence-corrected chi connectivity index (χ0v) is 16.8. The quantitative estimate of drug-likeness (QED) is 0.443. The monoisotopic (exact) mass is 444 g/mol. The summed E-state index contributed by atoms with van der Waals surface area (Å²) in [5, 5.41) is 0. The standard InChI is InChI=1S/C18H28N4O.HI/c1-15-6-8-22(9-7-15)18(19)20-14-16-4-2-3-5-17(16)21-10-12-23-13-11-21;/h2-5,15H,6-14H2,1H3,(H2,19,20);1H. The molecular weight excluding hydrogens is 415 g/mol. The third kappa shape index (κ3) is 4.99. The Morgan fingerprint density at radius 3 is 2.54 bits per heavy atom. The number of likely N-dealkylation sites (tertiary alicyclic amines) is 1. The van der Waals surface area contributed by atoms with Crippen molar-refractivity contribution in [3.63, 3.8) is 0 Å². The van der Waals surface area contributed by atoms with Crippen LogP contribution in [-0.2, 0) is 11.3 Å². The van der Waals surface area contributed by atoms with Crippen molar-refractivity contribution in [3.8, 4) is 0 Å². The third-order valence-electron chi connectivity index (χ3n) is 4.86. The Morgan fingerprint density at radius 1 is 1.17 bits per heavy atom. The number of aliphatic imine (C=N–C) groups is 1. The Balaban J connectivity index is 0.00000208. The summed E-state index contributed by atoms with van der Waals surface area (Å²) < 4.78 is 5.45. The van der Waals surface area contributed by atoms with Crippen molar-refractivity contribution in [3.05, 3.63) is 29.8 Å². The highest BCUT2D eigenvalue weighted by atomic mass is 127. The van der Waals surface area contributed by atoms with E-state index in [2.05, 4.69) is 46.0 Å². The average molecular weight is 444 g/mol.